The second-order valence-corrected chi connectivity index (χ2v) is 6.08. The van der Waals surface area contributed by atoms with Gasteiger partial charge >= 0.3 is 5.97 Å². The van der Waals surface area contributed by atoms with E-state index in [0.29, 0.717) is 19.4 Å². The number of nitrogens with one attached hydrogen (secondary N) is 1. The molecule has 1 heterocycles. The maximum atomic E-state index is 12.5. The molecule has 1 aliphatic carbocycles. The van der Waals surface area contributed by atoms with Gasteiger partial charge in [-0.3, -0.25) is 9.59 Å². The number of benzene rings is 1. The molecule has 1 aromatic carbocycles. The summed E-state index contributed by atoms with van der Waals surface area (Å²) >= 11 is 0. The summed E-state index contributed by atoms with van der Waals surface area (Å²) in [6.45, 7) is 0.713. The first-order chi connectivity index (χ1) is 10.7. The average molecular weight is 303 g/mol. The van der Waals surface area contributed by atoms with Crippen LogP contribution in [-0.2, 0) is 14.3 Å². The Morgan fingerprint density at radius 2 is 1.86 bits per heavy atom. The SMILES string of the molecule is O=C(O)C1CCC1C(=O)NC(c1ccccc1)C1CCCO1. The monoisotopic (exact) mass is 303 g/mol. The fraction of sp³-hybridized carbons (Fsp3) is 0.529. The molecule has 4 atom stereocenters. The van der Waals surface area contributed by atoms with Crippen LogP contribution in [0.4, 0.5) is 0 Å². The number of ether oxygens (including phenoxy) is 1. The molecule has 2 fully saturated rings. The zero-order valence-electron chi connectivity index (χ0n) is 12.4. The van der Waals surface area contributed by atoms with Gasteiger partial charge in [-0.05, 0) is 31.2 Å². The lowest BCUT2D eigenvalue weighted by atomic mass is 9.73. The van der Waals surface area contributed by atoms with Crippen LogP contribution in [0.2, 0.25) is 0 Å². The Hall–Kier alpha value is -1.88. The second-order valence-electron chi connectivity index (χ2n) is 6.08. The lowest BCUT2D eigenvalue weighted by Gasteiger charge is -2.34. The van der Waals surface area contributed by atoms with Gasteiger partial charge in [0.05, 0.1) is 24.0 Å². The summed E-state index contributed by atoms with van der Waals surface area (Å²) in [6, 6.07) is 9.56. The summed E-state index contributed by atoms with van der Waals surface area (Å²) < 4.78 is 5.75. The molecule has 1 aromatic rings. The number of hydrogen-bond acceptors (Lipinski definition) is 3. The van der Waals surface area contributed by atoms with Gasteiger partial charge in [-0.15, -0.1) is 0 Å². The summed E-state index contributed by atoms with van der Waals surface area (Å²) in [5.41, 5.74) is 1.01. The molecule has 0 aromatic heterocycles. The molecule has 4 unspecified atom stereocenters. The molecule has 2 N–H and O–H groups in total. The van der Waals surface area contributed by atoms with Crippen LogP contribution in [0.1, 0.15) is 37.3 Å². The third kappa shape index (κ3) is 2.99. The zero-order valence-corrected chi connectivity index (χ0v) is 12.4. The van der Waals surface area contributed by atoms with E-state index in [1.165, 1.54) is 0 Å². The van der Waals surface area contributed by atoms with Crippen LogP contribution >= 0.6 is 0 Å². The number of carboxylic acids is 1. The molecule has 0 spiro atoms. The highest BCUT2D eigenvalue weighted by Crippen LogP contribution is 2.36. The zero-order chi connectivity index (χ0) is 15.5. The van der Waals surface area contributed by atoms with E-state index in [-0.39, 0.29) is 18.1 Å². The van der Waals surface area contributed by atoms with Gasteiger partial charge in [0.1, 0.15) is 0 Å². The largest absolute Gasteiger partial charge is 0.481 e. The Labute approximate surface area is 129 Å². The summed E-state index contributed by atoms with van der Waals surface area (Å²) in [4.78, 5) is 23.6. The van der Waals surface area contributed by atoms with Gasteiger partial charge in [0.15, 0.2) is 0 Å². The Kier molecular flexibility index (Phi) is 4.43. The van der Waals surface area contributed by atoms with Crippen molar-refractivity contribution in [1.82, 2.24) is 5.32 Å². The molecule has 1 saturated carbocycles. The maximum absolute atomic E-state index is 12.5. The first-order valence-electron chi connectivity index (χ1n) is 7.86. The topological polar surface area (TPSA) is 75.6 Å². The van der Waals surface area contributed by atoms with E-state index in [9.17, 15) is 9.59 Å². The quantitative estimate of drug-likeness (QED) is 0.874. The van der Waals surface area contributed by atoms with E-state index in [1.54, 1.807) is 0 Å². The number of carbonyl (C=O) groups is 2. The van der Waals surface area contributed by atoms with Crippen molar-refractivity contribution < 1.29 is 19.4 Å². The predicted molar refractivity (Wildman–Crippen MR) is 80.1 cm³/mol. The number of aliphatic carboxylic acids is 1. The van der Waals surface area contributed by atoms with Crippen molar-refractivity contribution in [3.63, 3.8) is 0 Å². The standard InChI is InChI=1S/C17H21NO4/c19-16(12-8-9-13(12)17(20)21)18-15(14-7-4-10-22-14)11-5-2-1-3-6-11/h1-3,5-6,12-15H,4,7-10H2,(H,18,19)(H,20,21). The number of carbonyl (C=O) groups excluding carboxylic acids is 1. The fourth-order valence-electron chi connectivity index (χ4n) is 3.29. The van der Waals surface area contributed by atoms with Gasteiger partial charge in [-0.1, -0.05) is 30.3 Å². The van der Waals surface area contributed by atoms with Crippen LogP contribution in [0, 0.1) is 11.8 Å². The molecule has 22 heavy (non-hydrogen) atoms. The first kappa shape index (κ1) is 15.0. The molecule has 1 amide bonds. The minimum absolute atomic E-state index is 0.0327. The smallest absolute Gasteiger partial charge is 0.307 e. The van der Waals surface area contributed by atoms with Crippen molar-refractivity contribution in [2.45, 2.75) is 37.8 Å². The molecular weight excluding hydrogens is 282 g/mol. The fourth-order valence-corrected chi connectivity index (χ4v) is 3.29. The van der Waals surface area contributed by atoms with Crippen LogP contribution in [0.3, 0.4) is 0 Å². The highest BCUT2D eigenvalue weighted by molar-refractivity contribution is 5.86. The summed E-state index contributed by atoms with van der Waals surface area (Å²) in [5.74, 6) is -1.99. The van der Waals surface area contributed by atoms with E-state index in [1.807, 2.05) is 30.3 Å². The summed E-state index contributed by atoms with van der Waals surface area (Å²) in [6.07, 6.45) is 3.10. The van der Waals surface area contributed by atoms with Crippen LogP contribution in [0.15, 0.2) is 30.3 Å². The Morgan fingerprint density at radius 1 is 1.14 bits per heavy atom. The van der Waals surface area contributed by atoms with Gasteiger partial charge < -0.3 is 15.2 Å². The van der Waals surface area contributed by atoms with Crippen molar-refractivity contribution in [2.75, 3.05) is 6.61 Å². The second kappa shape index (κ2) is 6.48. The molecule has 1 saturated heterocycles. The molecule has 0 bridgehead atoms. The van der Waals surface area contributed by atoms with E-state index < -0.39 is 17.8 Å². The normalized spacial score (nSPS) is 28.6. The molecule has 1 aliphatic heterocycles. The van der Waals surface area contributed by atoms with E-state index in [0.717, 1.165) is 18.4 Å². The van der Waals surface area contributed by atoms with Crippen molar-refractivity contribution in [3.8, 4) is 0 Å². The van der Waals surface area contributed by atoms with Crippen LogP contribution in [0.5, 0.6) is 0 Å². The van der Waals surface area contributed by atoms with E-state index >= 15 is 0 Å². The van der Waals surface area contributed by atoms with Gasteiger partial charge in [-0.25, -0.2) is 0 Å². The number of carboxylic acid groups (broad SMARTS) is 1. The molecule has 2 aliphatic rings. The summed E-state index contributed by atoms with van der Waals surface area (Å²) in [7, 11) is 0. The number of amides is 1. The van der Waals surface area contributed by atoms with Gasteiger partial charge in [0, 0.05) is 6.61 Å². The third-order valence-corrected chi connectivity index (χ3v) is 4.72. The minimum Gasteiger partial charge on any atom is -0.481 e. The van der Waals surface area contributed by atoms with Gasteiger partial charge in [-0.2, -0.15) is 0 Å². The predicted octanol–water partition coefficient (Wildman–Crippen LogP) is 2.13. The van der Waals surface area contributed by atoms with Crippen molar-refractivity contribution >= 4 is 11.9 Å². The molecule has 5 heteroatoms. The Balaban J connectivity index is 1.73. The van der Waals surface area contributed by atoms with Crippen molar-refractivity contribution in [2.24, 2.45) is 11.8 Å². The lowest BCUT2D eigenvalue weighted by Crippen LogP contribution is -2.47. The number of rotatable bonds is 5. The summed E-state index contributed by atoms with van der Waals surface area (Å²) in [5, 5.41) is 12.1. The average Bonchev–Trinajstić information content (AvgIpc) is 2.97. The highest BCUT2D eigenvalue weighted by Gasteiger charge is 2.42. The van der Waals surface area contributed by atoms with Crippen LogP contribution in [-0.4, -0.2) is 29.7 Å². The minimum atomic E-state index is -0.875. The van der Waals surface area contributed by atoms with Crippen molar-refractivity contribution in [3.05, 3.63) is 35.9 Å². The third-order valence-electron chi connectivity index (χ3n) is 4.72. The number of hydrogen-bond donors (Lipinski definition) is 2. The van der Waals surface area contributed by atoms with E-state index in [2.05, 4.69) is 5.32 Å². The molecule has 5 nitrogen and oxygen atoms in total. The van der Waals surface area contributed by atoms with Crippen LogP contribution < -0.4 is 5.32 Å². The Morgan fingerprint density at radius 3 is 2.41 bits per heavy atom. The van der Waals surface area contributed by atoms with Crippen molar-refractivity contribution in [1.29, 1.82) is 0 Å². The Bertz CT molecular complexity index is 539. The van der Waals surface area contributed by atoms with Crippen LogP contribution in [0.25, 0.3) is 0 Å². The van der Waals surface area contributed by atoms with E-state index in [4.69, 9.17) is 9.84 Å². The molecular formula is C17H21NO4. The molecule has 3 rings (SSSR count). The van der Waals surface area contributed by atoms with Gasteiger partial charge in [0.25, 0.3) is 0 Å². The molecule has 0 radical (unpaired) electrons. The van der Waals surface area contributed by atoms with Gasteiger partial charge in [0.2, 0.25) is 5.91 Å². The lowest BCUT2D eigenvalue weighted by molar-refractivity contribution is -0.153. The molecule has 118 valence electrons. The highest BCUT2D eigenvalue weighted by atomic mass is 16.5. The maximum Gasteiger partial charge on any atom is 0.307 e. The first-order valence-corrected chi connectivity index (χ1v) is 7.86.